The fourth-order valence-electron chi connectivity index (χ4n) is 2.77. The lowest BCUT2D eigenvalue weighted by Gasteiger charge is -2.28. The maximum Gasteiger partial charge on any atom is 0.241 e. The molecule has 0 saturated heterocycles. The summed E-state index contributed by atoms with van der Waals surface area (Å²) in [6.07, 6.45) is 1.50. The van der Waals surface area contributed by atoms with Crippen LogP contribution in [-0.2, 0) is 26.0 Å². The molecule has 2 amide bonds. The number of aryl methyl sites for hydroxylation is 1. The summed E-state index contributed by atoms with van der Waals surface area (Å²) in [5.41, 5.74) is 1.15. The van der Waals surface area contributed by atoms with E-state index >= 15 is 0 Å². The van der Waals surface area contributed by atoms with Crippen molar-refractivity contribution in [3.63, 3.8) is 0 Å². The summed E-state index contributed by atoms with van der Waals surface area (Å²) in [5, 5.41) is 2.70. The Balaban J connectivity index is 2.15. The van der Waals surface area contributed by atoms with E-state index in [1.165, 1.54) is 13.0 Å². The van der Waals surface area contributed by atoms with Crippen LogP contribution in [0.3, 0.4) is 0 Å². The van der Waals surface area contributed by atoms with Gasteiger partial charge in [0.15, 0.2) is 0 Å². The van der Waals surface area contributed by atoms with Crippen LogP contribution in [0, 0.1) is 0 Å². The number of carbonyl (C=O) groups excluding carboxylic acids is 2. The number of nitrogens with zero attached hydrogens (tertiary/aromatic N) is 1. The van der Waals surface area contributed by atoms with Gasteiger partial charge in [0.25, 0.3) is 0 Å². The molecule has 8 heteroatoms. The highest BCUT2D eigenvalue weighted by Gasteiger charge is 2.23. The quantitative estimate of drug-likeness (QED) is 0.835. The predicted octanol–water partition coefficient (Wildman–Crippen LogP) is 1.18. The maximum absolute atomic E-state index is 12.4. The molecule has 0 bridgehead atoms. The van der Waals surface area contributed by atoms with E-state index in [1.807, 2.05) is 20.8 Å². The van der Waals surface area contributed by atoms with Gasteiger partial charge in [0.2, 0.25) is 21.8 Å². The van der Waals surface area contributed by atoms with Gasteiger partial charge in [0.05, 0.1) is 11.4 Å². The van der Waals surface area contributed by atoms with Gasteiger partial charge in [-0.1, -0.05) is 0 Å². The number of carbonyl (C=O) groups is 2. The zero-order valence-electron chi connectivity index (χ0n) is 15.0. The minimum atomic E-state index is -3.80. The highest BCUT2D eigenvalue weighted by Crippen LogP contribution is 2.29. The largest absolute Gasteiger partial charge is 0.350 e. The molecule has 0 aromatic heterocycles. The van der Waals surface area contributed by atoms with E-state index in [1.54, 1.807) is 17.0 Å². The van der Waals surface area contributed by atoms with E-state index in [4.69, 9.17) is 0 Å². The minimum absolute atomic E-state index is 0.0615. The molecule has 1 aliphatic heterocycles. The third-order valence-corrected chi connectivity index (χ3v) is 5.20. The summed E-state index contributed by atoms with van der Waals surface area (Å²) >= 11 is 0. The first-order chi connectivity index (χ1) is 11.5. The molecule has 1 aromatic carbocycles. The van der Waals surface area contributed by atoms with E-state index in [-0.39, 0.29) is 17.3 Å². The minimum Gasteiger partial charge on any atom is -0.350 e. The molecule has 1 heterocycles. The average Bonchev–Trinajstić information content (AvgIpc) is 2.50. The van der Waals surface area contributed by atoms with Gasteiger partial charge in [0.1, 0.15) is 0 Å². The van der Waals surface area contributed by atoms with Gasteiger partial charge in [-0.15, -0.1) is 0 Å². The van der Waals surface area contributed by atoms with Crippen molar-refractivity contribution in [2.45, 2.75) is 51.0 Å². The molecule has 1 aliphatic rings. The van der Waals surface area contributed by atoms with Crippen LogP contribution in [0.1, 0.15) is 39.7 Å². The molecule has 1 aromatic rings. The number of sulfonamides is 1. The summed E-state index contributed by atoms with van der Waals surface area (Å²) in [7, 11) is -3.80. The van der Waals surface area contributed by atoms with E-state index in [0.29, 0.717) is 13.0 Å². The van der Waals surface area contributed by atoms with Crippen molar-refractivity contribution in [2.24, 2.45) is 0 Å². The van der Waals surface area contributed by atoms with Gasteiger partial charge in [-0.3, -0.25) is 9.59 Å². The SMILES string of the molecule is CC(=O)N1CCCc2cc(S(=O)(=O)NCC(=O)NC(C)(C)C)ccc21. The fourth-order valence-corrected chi connectivity index (χ4v) is 3.81. The molecule has 0 aliphatic carbocycles. The van der Waals surface area contributed by atoms with Crippen molar-refractivity contribution in [2.75, 3.05) is 18.0 Å². The number of amides is 2. The lowest BCUT2D eigenvalue weighted by Crippen LogP contribution is -2.45. The van der Waals surface area contributed by atoms with Crippen LogP contribution in [-0.4, -0.2) is 38.9 Å². The van der Waals surface area contributed by atoms with Crippen molar-refractivity contribution < 1.29 is 18.0 Å². The number of hydrogen-bond donors (Lipinski definition) is 2. The number of hydrogen-bond acceptors (Lipinski definition) is 4. The Morgan fingerprint density at radius 3 is 2.52 bits per heavy atom. The highest BCUT2D eigenvalue weighted by molar-refractivity contribution is 7.89. The molecule has 0 spiro atoms. The van der Waals surface area contributed by atoms with Gasteiger partial charge < -0.3 is 10.2 Å². The average molecular weight is 367 g/mol. The fraction of sp³-hybridized carbons (Fsp3) is 0.529. The van der Waals surface area contributed by atoms with Gasteiger partial charge in [-0.05, 0) is 57.4 Å². The molecule has 138 valence electrons. The van der Waals surface area contributed by atoms with Gasteiger partial charge in [-0.2, -0.15) is 0 Å². The van der Waals surface area contributed by atoms with E-state index in [2.05, 4.69) is 10.0 Å². The summed E-state index contributed by atoms with van der Waals surface area (Å²) in [4.78, 5) is 25.2. The summed E-state index contributed by atoms with van der Waals surface area (Å²) in [6.45, 7) is 7.28. The first-order valence-corrected chi connectivity index (χ1v) is 9.70. The maximum atomic E-state index is 12.4. The number of rotatable bonds is 4. The van der Waals surface area contributed by atoms with Crippen molar-refractivity contribution in [3.05, 3.63) is 23.8 Å². The Hall–Kier alpha value is -1.93. The third-order valence-electron chi connectivity index (χ3n) is 3.80. The molecule has 0 saturated carbocycles. The lowest BCUT2D eigenvalue weighted by molar-refractivity contribution is -0.121. The van der Waals surface area contributed by atoms with E-state index in [9.17, 15) is 18.0 Å². The monoisotopic (exact) mass is 367 g/mol. The van der Waals surface area contributed by atoms with Crippen LogP contribution in [0.5, 0.6) is 0 Å². The topological polar surface area (TPSA) is 95.6 Å². The molecule has 0 unspecified atom stereocenters. The Morgan fingerprint density at radius 1 is 1.24 bits per heavy atom. The Kier molecular flexibility index (Phi) is 5.53. The van der Waals surface area contributed by atoms with Crippen LogP contribution in [0.4, 0.5) is 5.69 Å². The van der Waals surface area contributed by atoms with Crippen LogP contribution < -0.4 is 14.9 Å². The normalized spacial score (nSPS) is 14.8. The Morgan fingerprint density at radius 2 is 1.92 bits per heavy atom. The van der Waals surface area contributed by atoms with Crippen molar-refractivity contribution in [1.82, 2.24) is 10.0 Å². The first-order valence-electron chi connectivity index (χ1n) is 8.21. The highest BCUT2D eigenvalue weighted by atomic mass is 32.2. The molecule has 0 fully saturated rings. The summed E-state index contributed by atoms with van der Waals surface area (Å²) < 4.78 is 27.2. The lowest BCUT2D eigenvalue weighted by atomic mass is 10.0. The van der Waals surface area contributed by atoms with E-state index in [0.717, 1.165) is 17.7 Å². The first kappa shape index (κ1) is 19.4. The molecule has 0 atom stereocenters. The number of fused-ring (bicyclic) bond motifs is 1. The van der Waals surface area contributed by atoms with Crippen LogP contribution in [0.25, 0.3) is 0 Å². The predicted molar refractivity (Wildman–Crippen MR) is 95.9 cm³/mol. The molecule has 2 N–H and O–H groups in total. The second kappa shape index (κ2) is 7.13. The summed E-state index contributed by atoms with van der Waals surface area (Å²) in [6, 6.07) is 4.69. The van der Waals surface area contributed by atoms with Crippen molar-refractivity contribution >= 4 is 27.5 Å². The van der Waals surface area contributed by atoms with Gasteiger partial charge in [-0.25, -0.2) is 13.1 Å². The smallest absolute Gasteiger partial charge is 0.241 e. The van der Waals surface area contributed by atoms with Crippen molar-refractivity contribution in [3.8, 4) is 0 Å². The van der Waals surface area contributed by atoms with Crippen LogP contribution in [0.2, 0.25) is 0 Å². The van der Waals surface area contributed by atoms with Gasteiger partial charge in [0, 0.05) is 24.7 Å². The Bertz CT molecular complexity index is 782. The zero-order valence-corrected chi connectivity index (χ0v) is 15.9. The second-order valence-corrected chi connectivity index (χ2v) is 8.95. The molecular formula is C17H25N3O4S. The second-order valence-electron chi connectivity index (χ2n) is 7.19. The van der Waals surface area contributed by atoms with E-state index < -0.39 is 21.5 Å². The number of benzene rings is 1. The van der Waals surface area contributed by atoms with Crippen LogP contribution >= 0.6 is 0 Å². The zero-order chi connectivity index (χ0) is 18.8. The molecule has 2 rings (SSSR count). The molecule has 0 radical (unpaired) electrons. The standard InChI is InChI=1S/C17H25N3O4S/c1-12(21)20-9-5-6-13-10-14(7-8-15(13)20)25(23,24)18-11-16(22)19-17(2,3)4/h7-8,10,18H,5-6,9,11H2,1-4H3,(H,19,22). The van der Waals surface area contributed by atoms with Crippen molar-refractivity contribution in [1.29, 1.82) is 0 Å². The summed E-state index contributed by atoms with van der Waals surface area (Å²) in [5.74, 6) is -0.453. The molecule has 7 nitrogen and oxygen atoms in total. The van der Waals surface area contributed by atoms with Crippen LogP contribution in [0.15, 0.2) is 23.1 Å². The molecule has 25 heavy (non-hydrogen) atoms. The number of anilines is 1. The number of nitrogens with one attached hydrogen (secondary N) is 2. The van der Waals surface area contributed by atoms with Gasteiger partial charge >= 0.3 is 0 Å². The molecular weight excluding hydrogens is 342 g/mol. The Labute approximate surface area is 148 Å². The third kappa shape index (κ3) is 5.02.